The van der Waals surface area contributed by atoms with Gasteiger partial charge >= 0.3 is 0 Å². The molecule has 0 spiro atoms. The van der Waals surface area contributed by atoms with E-state index in [1.165, 1.54) is 11.0 Å². The predicted octanol–water partition coefficient (Wildman–Crippen LogP) is 1.10. The zero-order chi connectivity index (χ0) is 13.8. The van der Waals surface area contributed by atoms with Crippen LogP contribution in [0.4, 0.5) is 5.69 Å². The third-order valence-electron chi connectivity index (χ3n) is 2.74. The van der Waals surface area contributed by atoms with E-state index in [1.807, 2.05) is 48.8 Å². The molecule has 7 heteroatoms. The molecule has 0 saturated carbocycles. The monoisotopic (exact) mass is 268 g/mol. The molecule has 0 radical (unpaired) electrons. The van der Waals surface area contributed by atoms with Crippen molar-refractivity contribution in [1.29, 1.82) is 0 Å². The Morgan fingerprint density at radius 2 is 2.05 bits per heavy atom. The summed E-state index contributed by atoms with van der Waals surface area (Å²) < 4.78 is 3.34. The number of tetrazole rings is 1. The smallest absolute Gasteiger partial charge is 0.244 e. The molecular weight excluding hydrogens is 256 g/mol. The summed E-state index contributed by atoms with van der Waals surface area (Å²) in [6, 6.07) is 11.1. The molecule has 2 aromatic heterocycles. The van der Waals surface area contributed by atoms with E-state index in [2.05, 4.69) is 20.8 Å². The van der Waals surface area contributed by atoms with Gasteiger partial charge in [0, 0.05) is 18.1 Å². The minimum atomic E-state index is -0.0879. The molecule has 0 fully saturated rings. The standard InChI is InChI=1S/C13H12N6O/c20-13(9-18-6-1-2-7-18)15-11-4-3-5-12(8-11)19-10-14-16-17-19/h1-8,10H,9H2,(H,15,20). The van der Waals surface area contributed by atoms with Crippen molar-refractivity contribution in [2.24, 2.45) is 0 Å². The maximum atomic E-state index is 11.9. The van der Waals surface area contributed by atoms with Gasteiger partial charge < -0.3 is 9.88 Å². The van der Waals surface area contributed by atoms with Gasteiger partial charge in [0.05, 0.1) is 5.69 Å². The summed E-state index contributed by atoms with van der Waals surface area (Å²) in [4.78, 5) is 11.9. The van der Waals surface area contributed by atoms with Crippen molar-refractivity contribution >= 4 is 11.6 Å². The van der Waals surface area contributed by atoms with E-state index in [9.17, 15) is 4.79 Å². The number of hydrogen-bond donors (Lipinski definition) is 1. The number of benzene rings is 1. The Labute approximate surface area is 114 Å². The molecule has 100 valence electrons. The molecule has 2 heterocycles. The van der Waals surface area contributed by atoms with E-state index < -0.39 is 0 Å². The van der Waals surface area contributed by atoms with Gasteiger partial charge in [-0.15, -0.1) is 5.10 Å². The molecule has 1 amide bonds. The molecule has 0 unspecified atom stereocenters. The summed E-state index contributed by atoms with van der Waals surface area (Å²) in [5.74, 6) is -0.0879. The summed E-state index contributed by atoms with van der Waals surface area (Å²) in [6.07, 6.45) is 5.19. The molecule has 0 bridgehead atoms. The van der Waals surface area contributed by atoms with Gasteiger partial charge in [-0.25, -0.2) is 4.68 Å². The highest BCUT2D eigenvalue weighted by Crippen LogP contribution is 2.13. The predicted molar refractivity (Wildman–Crippen MR) is 72.2 cm³/mol. The van der Waals surface area contributed by atoms with E-state index in [0.717, 1.165) is 5.69 Å². The van der Waals surface area contributed by atoms with Crippen molar-refractivity contribution in [2.45, 2.75) is 6.54 Å². The van der Waals surface area contributed by atoms with Crippen molar-refractivity contribution in [2.75, 3.05) is 5.32 Å². The first-order valence-corrected chi connectivity index (χ1v) is 6.05. The lowest BCUT2D eigenvalue weighted by Crippen LogP contribution is -2.17. The summed E-state index contributed by atoms with van der Waals surface area (Å²) in [5, 5.41) is 13.8. The van der Waals surface area contributed by atoms with Crippen LogP contribution in [0.5, 0.6) is 0 Å². The normalized spacial score (nSPS) is 10.4. The number of hydrogen-bond acceptors (Lipinski definition) is 4. The first-order chi connectivity index (χ1) is 9.81. The fourth-order valence-corrected chi connectivity index (χ4v) is 1.85. The molecule has 20 heavy (non-hydrogen) atoms. The van der Waals surface area contributed by atoms with Gasteiger partial charge in [-0.1, -0.05) is 6.07 Å². The van der Waals surface area contributed by atoms with Crippen LogP contribution in [0.25, 0.3) is 5.69 Å². The van der Waals surface area contributed by atoms with Crippen LogP contribution in [0.1, 0.15) is 0 Å². The van der Waals surface area contributed by atoms with Crippen molar-refractivity contribution in [1.82, 2.24) is 24.8 Å². The summed E-state index contributed by atoms with van der Waals surface area (Å²) in [7, 11) is 0. The van der Waals surface area contributed by atoms with Crippen LogP contribution < -0.4 is 5.32 Å². The molecule has 1 aromatic carbocycles. The first kappa shape index (κ1) is 12.1. The Kier molecular flexibility index (Phi) is 3.24. The molecule has 0 atom stereocenters. The van der Waals surface area contributed by atoms with Crippen molar-refractivity contribution < 1.29 is 4.79 Å². The quantitative estimate of drug-likeness (QED) is 0.768. The van der Waals surface area contributed by atoms with E-state index in [1.54, 1.807) is 4.57 Å². The SMILES string of the molecule is O=C(Cn1cccc1)Nc1cccc(-n2cnnn2)c1. The topological polar surface area (TPSA) is 77.6 Å². The highest BCUT2D eigenvalue weighted by Gasteiger charge is 2.04. The van der Waals surface area contributed by atoms with Crippen LogP contribution in [0, 0.1) is 0 Å². The van der Waals surface area contributed by atoms with Crippen LogP contribution in [0.15, 0.2) is 55.1 Å². The van der Waals surface area contributed by atoms with Crippen LogP contribution in [0.2, 0.25) is 0 Å². The number of nitrogens with one attached hydrogen (secondary N) is 1. The van der Waals surface area contributed by atoms with Crippen LogP contribution >= 0.6 is 0 Å². The molecule has 0 saturated heterocycles. The van der Waals surface area contributed by atoms with Gasteiger partial charge in [-0.2, -0.15) is 0 Å². The highest BCUT2D eigenvalue weighted by molar-refractivity contribution is 5.90. The number of amides is 1. The van der Waals surface area contributed by atoms with E-state index in [4.69, 9.17) is 0 Å². The number of carbonyl (C=O) groups excluding carboxylic acids is 1. The van der Waals surface area contributed by atoms with Gasteiger partial charge in [0.2, 0.25) is 5.91 Å². The molecule has 1 N–H and O–H groups in total. The van der Waals surface area contributed by atoms with Gasteiger partial charge in [-0.05, 0) is 40.8 Å². The van der Waals surface area contributed by atoms with Gasteiger partial charge in [-0.3, -0.25) is 4.79 Å². The van der Waals surface area contributed by atoms with Crippen LogP contribution in [-0.4, -0.2) is 30.7 Å². The number of anilines is 1. The fraction of sp³-hybridized carbons (Fsp3) is 0.0769. The second kappa shape index (κ2) is 5.35. The van der Waals surface area contributed by atoms with Crippen LogP contribution in [0.3, 0.4) is 0 Å². The molecule has 7 nitrogen and oxygen atoms in total. The average molecular weight is 268 g/mol. The zero-order valence-electron chi connectivity index (χ0n) is 10.5. The Morgan fingerprint density at radius 1 is 1.20 bits per heavy atom. The number of nitrogens with zero attached hydrogens (tertiary/aromatic N) is 5. The fourth-order valence-electron chi connectivity index (χ4n) is 1.85. The minimum Gasteiger partial charge on any atom is -0.345 e. The Bertz CT molecular complexity index is 689. The Hall–Kier alpha value is -2.96. The number of aromatic nitrogens is 5. The van der Waals surface area contributed by atoms with Gasteiger partial charge in [0.25, 0.3) is 0 Å². The van der Waals surface area contributed by atoms with E-state index >= 15 is 0 Å². The maximum absolute atomic E-state index is 11.9. The summed E-state index contributed by atoms with van der Waals surface area (Å²) in [6.45, 7) is 0.280. The molecule has 0 aliphatic heterocycles. The minimum absolute atomic E-state index is 0.0879. The molecule has 3 aromatic rings. The third kappa shape index (κ3) is 2.72. The van der Waals surface area contributed by atoms with Crippen molar-refractivity contribution in [3.63, 3.8) is 0 Å². The van der Waals surface area contributed by atoms with E-state index in [0.29, 0.717) is 5.69 Å². The Morgan fingerprint density at radius 3 is 2.80 bits per heavy atom. The molecule has 3 rings (SSSR count). The summed E-state index contributed by atoms with van der Waals surface area (Å²) in [5.41, 5.74) is 1.49. The highest BCUT2D eigenvalue weighted by atomic mass is 16.1. The molecular formula is C13H12N6O. The van der Waals surface area contributed by atoms with Gasteiger partial charge in [0.15, 0.2) is 0 Å². The van der Waals surface area contributed by atoms with Crippen LogP contribution in [-0.2, 0) is 11.3 Å². The largest absolute Gasteiger partial charge is 0.345 e. The second-order valence-corrected chi connectivity index (χ2v) is 4.21. The van der Waals surface area contributed by atoms with Gasteiger partial charge in [0.1, 0.15) is 12.9 Å². The number of rotatable bonds is 4. The lowest BCUT2D eigenvalue weighted by Gasteiger charge is -2.07. The number of carbonyl (C=O) groups is 1. The molecule has 0 aliphatic carbocycles. The maximum Gasteiger partial charge on any atom is 0.244 e. The lowest BCUT2D eigenvalue weighted by atomic mass is 10.3. The second-order valence-electron chi connectivity index (χ2n) is 4.21. The van der Waals surface area contributed by atoms with Crippen molar-refractivity contribution in [3.8, 4) is 5.69 Å². The third-order valence-corrected chi connectivity index (χ3v) is 2.74. The zero-order valence-corrected chi connectivity index (χ0v) is 10.5. The van der Waals surface area contributed by atoms with E-state index in [-0.39, 0.29) is 12.5 Å². The van der Waals surface area contributed by atoms with Crippen molar-refractivity contribution in [3.05, 3.63) is 55.1 Å². The lowest BCUT2D eigenvalue weighted by molar-refractivity contribution is -0.116. The summed E-state index contributed by atoms with van der Waals surface area (Å²) >= 11 is 0. The first-order valence-electron chi connectivity index (χ1n) is 6.05. The molecule has 0 aliphatic rings. The average Bonchev–Trinajstić information content (AvgIpc) is 3.11. The Balaban J connectivity index is 1.71.